The Labute approximate surface area is 300 Å². The van der Waals surface area contributed by atoms with Crippen LogP contribution in [-0.2, 0) is 19.1 Å². The van der Waals surface area contributed by atoms with Crippen LogP contribution in [0, 0.1) is 0 Å². The average Bonchev–Trinajstić information content (AvgIpc) is 3.03. The molecule has 0 saturated heterocycles. The summed E-state index contributed by atoms with van der Waals surface area (Å²) in [5.74, 6) is -0.425. The van der Waals surface area contributed by atoms with E-state index in [2.05, 4.69) is 42.0 Å². The van der Waals surface area contributed by atoms with E-state index in [0.29, 0.717) is 22.1 Å². The third-order valence-corrected chi connectivity index (χ3v) is 9.96. The van der Waals surface area contributed by atoms with Gasteiger partial charge in [-0.05, 0) is 25.7 Å². The van der Waals surface area contributed by atoms with Crippen molar-refractivity contribution in [2.24, 2.45) is 0 Å². The molecule has 0 atom stereocenters. The molecule has 0 N–H and O–H groups in total. The number of carbonyl (C=O) groups excluding carboxylic acids is 2. The molecule has 0 aromatic heterocycles. The summed E-state index contributed by atoms with van der Waals surface area (Å²) in [5.41, 5.74) is 0. The van der Waals surface area contributed by atoms with Gasteiger partial charge in [-0.25, -0.2) is 9.59 Å². The van der Waals surface area contributed by atoms with Crippen molar-refractivity contribution in [3.8, 4) is 0 Å². The van der Waals surface area contributed by atoms with Gasteiger partial charge in [0.2, 0.25) is 0 Å². The fraction of sp³-hybridized carbons (Fsp3) is 0.952. The van der Waals surface area contributed by atoms with E-state index in [4.69, 9.17) is 9.47 Å². The molecular weight excluding hydrogens is 596 g/mol. The number of hydrogen-bond acceptors (Lipinski definition) is 4. The fourth-order valence-electron chi connectivity index (χ4n) is 6.73. The van der Waals surface area contributed by atoms with Gasteiger partial charge in [0.05, 0.1) is 41.3 Å². The van der Waals surface area contributed by atoms with E-state index in [-0.39, 0.29) is 25.2 Å². The maximum absolute atomic E-state index is 12.4. The van der Waals surface area contributed by atoms with Crippen molar-refractivity contribution in [2.75, 3.05) is 67.6 Å². The molecule has 0 spiro atoms. The summed E-state index contributed by atoms with van der Waals surface area (Å²) in [6.07, 6.45) is 38.0. The molecule has 6 heteroatoms. The van der Waals surface area contributed by atoms with E-state index in [1.807, 2.05) is 0 Å². The van der Waals surface area contributed by atoms with Gasteiger partial charge in [0, 0.05) is 0 Å². The molecule has 0 rings (SSSR count). The van der Waals surface area contributed by atoms with Crippen molar-refractivity contribution in [1.82, 2.24) is 0 Å². The molecule has 0 saturated carbocycles. The Hall–Kier alpha value is -1.14. The first kappa shape index (κ1) is 46.9. The molecule has 0 fully saturated rings. The van der Waals surface area contributed by atoms with E-state index >= 15 is 0 Å². The molecule has 6 nitrogen and oxygen atoms in total. The predicted molar refractivity (Wildman–Crippen MR) is 206 cm³/mol. The average molecular weight is 683 g/mol. The summed E-state index contributed by atoms with van der Waals surface area (Å²) in [4.78, 5) is 24.8. The molecule has 48 heavy (non-hydrogen) atoms. The fourth-order valence-corrected chi connectivity index (χ4v) is 6.73. The first-order valence-electron chi connectivity index (χ1n) is 21.1. The number of nitrogens with zero attached hydrogens (tertiary/aromatic N) is 2. The van der Waals surface area contributed by atoms with Crippen LogP contribution in [0.4, 0.5) is 0 Å². The topological polar surface area (TPSA) is 52.6 Å². The zero-order valence-electron chi connectivity index (χ0n) is 33.6. The zero-order chi connectivity index (χ0) is 35.6. The van der Waals surface area contributed by atoms with Crippen LogP contribution in [0.25, 0.3) is 0 Å². The first-order valence-corrected chi connectivity index (χ1v) is 21.1. The minimum Gasteiger partial charge on any atom is -0.458 e. The zero-order valence-corrected chi connectivity index (χ0v) is 33.6. The van der Waals surface area contributed by atoms with Gasteiger partial charge < -0.3 is 18.4 Å². The Morgan fingerprint density at radius 3 is 0.792 bits per heavy atom. The van der Waals surface area contributed by atoms with Gasteiger partial charge in [-0.15, -0.1) is 0 Å². The van der Waals surface area contributed by atoms with Crippen LogP contribution in [0.5, 0.6) is 0 Å². The van der Waals surface area contributed by atoms with Crippen LogP contribution in [-0.4, -0.2) is 88.5 Å². The van der Waals surface area contributed by atoms with E-state index in [9.17, 15) is 9.59 Å². The SMILES string of the molecule is CCCCCCCCCCCCCCCC[N+](C)(C)CC(=O)OCCOC(=O)C[N+](C)(C)CCCCCCCCCCCCCCCC. The number of quaternary nitrogens is 2. The van der Waals surface area contributed by atoms with Gasteiger partial charge in [-0.2, -0.15) is 0 Å². The molecular formula is C42H86N2O4+2. The lowest BCUT2D eigenvalue weighted by Crippen LogP contribution is -2.45. The Bertz CT molecular complexity index is 664. The maximum Gasteiger partial charge on any atom is 0.361 e. The summed E-state index contributed by atoms with van der Waals surface area (Å²) in [6.45, 7) is 7.50. The quantitative estimate of drug-likeness (QED) is 0.0372. The second kappa shape index (κ2) is 33.0. The molecule has 0 bridgehead atoms. The van der Waals surface area contributed by atoms with Crippen LogP contribution < -0.4 is 0 Å². The van der Waals surface area contributed by atoms with Crippen molar-refractivity contribution in [3.63, 3.8) is 0 Å². The van der Waals surface area contributed by atoms with E-state index < -0.39 is 0 Å². The van der Waals surface area contributed by atoms with Crippen molar-refractivity contribution in [1.29, 1.82) is 0 Å². The van der Waals surface area contributed by atoms with E-state index in [1.54, 1.807) is 0 Å². The molecule has 0 unspecified atom stereocenters. The molecule has 0 aliphatic rings. The van der Waals surface area contributed by atoms with Crippen molar-refractivity contribution < 1.29 is 28.0 Å². The van der Waals surface area contributed by atoms with Crippen LogP contribution >= 0.6 is 0 Å². The highest BCUT2D eigenvalue weighted by atomic mass is 16.6. The predicted octanol–water partition coefficient (Wildman–Crippen LogP) is 11.2. The summed E-state index contributed by atoms with van der Waals surface area (Å²) in [5, 5.41) is 0. The third kappa shape index (κ3) is 34.7. The van der Waals surface area contributed by atoms with E-state index in [0.717, 1.165) is 25.9 Å². The van der Waals surface area contributed by atoms with Gasteiger partial charge in [-0.1, -0.05) is 168 Å². The number of esters is 2. The van der Waals surface area contributed by atoms with Crippen LogP contribution in [0.3, 0.4) is 0 Å². The van der Waals surface area contributed by atoms with Gasteiger partial charge in [0.15, 0.2) is 13.1 Å². The van der Waals surface area contributed by atoms with Crippen molar-refractivity contribution in [3.05, 3.63) is 0 Å². The number of rotatable bonds is 37. The number of unbranched alkanes of at least 4 members (excludes halogenated alkanes) is 26. The molecule has 0 aliphatic heterocycles. The van der Waals surface area contributed by atoms with E-state index in [1.165, 1.54) is 167 Å². The monoisotopic (exact) mass is 683 g/mol. The standard InChI is InChI=1S/C42H86N2O4/c1-7-9-11-13-15-17-19-21-23-25-27-29-31-33-35-43(3,4)39-41(45)47-37-38-48-42(46)40-44(5,6)36-34-32-30-28-26-24-22-20-18-16-14-12-10-8-2/h7-40H2,1-6H3/q+2. The normalized spacial score (nSPS) is 12.0. The Balaban J connectivity index is 3.69. The largest absolute Gasteiger partial charge is 0.458 e. The highest BCUT2D eigenvalue weighted by Gasteiger charge is 2.22. The molecule has 0 aliphatic carbocycles. The molecule has 0 aromatic carbocycles. The highest BCUT2D eigenvalue weighted by Crippen LogP contribution is 2.15. The lowest BCUT2D eigenvalue weighted by Gasteiger charge is -2.29. The second-order valence-electron chi connectivity index (χ2n) is 16.3. The number of likely N-dealkylation sites (N-methyl/N-ethyl adjacent to an activating group) is 2. The third-order valence-electron chi connectivity index (χ3n) is 9.96. The second-order valence-corrected chi connectivity index (χ2v) is 16.3. The van der Waals surface area contributed by atoms with Gasteiger partial charge in [0.25, 0.3) is 0 Å². The number of hydrogen-bond donors (Lipinski definition) is 0. The number of ether oxygens (including phenoxy) is 2. The molecule has 0 aromatic rings. The van der Waals surface area contributed by atoms with Crippen molar-refractivity contribution in [2.45, 2.75) is 194 Å². The Morgan fingerprint density at radius 2 is 0.562 bits per heavy atom. The minimum absolute atomic E-state index is 0.135. The van der Waals surface area contributed by atoms with Crippen LogP contribution in [0.2, 0.25) is 0 Å². The highest BCUT2D eigenvalue weighted by molar-refractivity contribution is 5.71. The summed E-state index contributed by atoms with van der Waals surface area (Å²) in [6, 6.07) is 0. The first-order chi connectivity index (χ1) is 23.1. The molecule has 0 heterocycles. The summed E-state index contributed by atoms with van der Waals surface area (Å²) < 4.78 is 12.1. The lowest BCUT2D eigenvalue weighted by atomic mass is 10.0. The van der Waals surface area contributed by atoms with Crippen molar-refractivity contribution >= 4 is 11.9 Å². The Kier molecular flexibility index (Phi) is 32.2. The van der Waals surface area contributed by atoms with Crippen LogP contribution in [0.1, 0.15) is 194 Å². The minimum atomic E-state index is -0.213. The lowest BCUT2D eigenvalue weighted by molar-refractivity contribution is -0.883. The molecule has 0 radical (unpaired) electrons. The van der Waals surface area contributed by atoms with Gasteiger partial charge >= 0.3 is 11.9 Å². The number of carbonyl (C=O) groups is 2. The van der Waals surface area contributed by atoms with Gasteiger partial charge in [0.1, 0.15) is 13.2 Å². The molecule has 0 amide bonds. The van der Waals surface area contributed by atoms with Crippen LogP contribution in [0.15, 0.2) is 0 Å². The smallest absolute Gasteiger partial charge is 0.361 e. The summed E-state index contributed by atoms with van der Waals surface area (Å²) >= 11 is 0. The Morgan fingerprint density at radius 1 is 0.354 bits per heavy atom. The maximum atomic E-state index is 12.4. The molecule has 286 valence electrons. The summed E-state index contributed by atoms with van der Waals surface area (Å²) in [7, 11) is 8.40. The van der Waals surface area contributed by atoms with Gasteiger partial charge in [-0.3, -0.25) is 0 Å².